The average molecular weight is 244 g/mol. The Morgan fingerprint density at radius 1 is 1.50 bits per heavy atom. The molecule has 0 radical (unpaired) electrons. The molecule has 0 aliphatic carbocycles. The van der Waals surface area contributed by atoms with Crippen molar-refractivity contribution in [3.05, 3.63) is 0 Å². The van der Waals surface area contributed by atoms with Crippen LogP contribution in [0.3, 0.4) is 0 Å². The highest BCUT2D eigenvalue weighted by Crippen LogP contribution is 2.21. The molecule has 16 heavy (non-hydrogen) atoms. The van der Waals surface area contributed by atoms with Crippen LogP contribution in [-0.4, -0.2) is 30.5 Å². The Bertz CT molecular complexity index is 205. The maximum absolute atomic E-state index is 11.7. The molecule has 1 heterocycles. The van der Waals surface area contributed by atoms with Crippen LogP contribution in [0.4, 0.5) is 0 Å². The second-order valence-electron chi connectivity index (χ2n) is 4.63. The largest absolute Gasteiger partial charge is 0.356 e. The molecule has 1 fully saturated rings. The lowest BCUT2D eigenvalue weighted by atomic mass is 10.0. The molecule has 3 N–H and O–H groups in total. The van der Waals surface area contributed by atoms with Gasteiger partial charge in [-0.15, -0.1) is 0 Å². The lowest BCUT2D eigenvalue weighted by molar-refractivity contribution is -0.124. The zero-order valence-corrected chi connectivity index (χ0v) is 11.0. The van der Waals surface area contributed by atoms with Crippen molar-refractivity contribution < 1.29 is 4.79 Å². The number of rotatable bonds is 6. The molecule has 0 saturated carbocycles. The van der Waals surface area contributed by atoms with E-state index in [4.69, 9.17) is 5.73 Å². The van der Waals surface area contributed by atoms with Gasteiger partial charge < -0.3 is 11.1 Å². The molecule has 94 valence electrons. The maximum atomic E-state index is 11.7. The average Bonchev–Trinajstić information content (AvgIpc) is 2.34. The van der Waals surface area contributed by atoms with Crippen molar-refractivity contribution in [3.63, 3.8) is 0 Å². The summed E-state index contributed by atoms with van der Waals surface area (Å²) in [7, 11) is 0. The third-order valence-electron chi connectivity index (χ3n) is 3.19. The Hall–Kier alpha value is -0.220. The molecular formula is C12H24N2OS. The summed E-state index contributed by atoms with van der Waals surface area (Å²) in [6.45, 7) is 3.53. The first-order chi connectivity index (χ1) is 7.74. The van der Waals surface area contributed by atoms with Gasteiger partial charge in [0.05, 0.1) is 0 Å². The van der Waals surface area contributed by atoms with Gasteiger partial charge in [0.15, 0.2) is 0 Å². The number of hydrogen-bond donors (Lipinski definition) is 2. The van der Waals surface area contributed by atoms with Crippen LogP contribution >= 0.6 is 11.8 Å². The number of thioether (sulfide) groups is 1. The zero-order chi connectivity index (χ0) is 11.8. The Labute approximate surface area is 103 Å². The monoisotopic (exact) mass is 244 g/mol. The van der Waals surface area contributed by atoms with E-state index in [0.717, 1.165) is 19.4 Å². The topological polar surface area (TPSA) is 55.1 Å². The van der Waals surface area contributed by atoms with Gasteiger partial charge in [-0.1, -0.05) is 6.92 Å². The van der Waals surface area contributed by atoms with Crippen LogP contribution in [0.25, 0.3) is 0 Å². The molecule has 1 rings (SSSR count). The molecule has 0 bridgehead atoms. The second-order valence-corrected chi connectivity index (χ2v) is 5.86. The van der Waals surface area contributed by atoms with E-state index in [-0.39, 0.29) is 11.8 Å². The van der Waals surface area contributed by atoms with Crippen LogP contribution in [0.1, 0.15) is 32.6 Å². The minimum Gasteiger partial charge on any atom is -0.356 e. The molecule has 1 saturated heterocycles. The van der Waals surface area contributed by atoms with E-state index in [1.54, 1.807) is 0 Å². The molecule has 1 unspecified atom stereocenters. The summed E-state index contributed by atoms with van der Waals surface area (Å²) in [5, 5.41) is 3.07. The van der Waals surface area contributed by atoms with Gasteiger partial charge in [0, 0.05) is 12.5 Å². The van der Waals surface area contributed by atoms with E-state index in [1.165, 1.54) is 24.3 Å². The Balaban J connectivity index is 2.12. The predicted octanol–water partition coefficient (Wildman–Crippen LogP) is 1.62. The van der Waals surface area contributed by atoms with E-state index in [1.807, 2.05) is 18.7 Å². The van der Waals surface area contributed by atoms with Crippen LogP contribution in [0.15, 0.2) is 0 Å². The normalized spacial score (nSPS) is 19.4. The Morgan fingerprint density at radius 2 is 2.19 bits per heavy atom. The number of carbonyl (C=O) groups excluding carboxylic acids is 1. The number of carbonyl (C=O) groups is 1. The van der Waals surface area contributed by atoms with E-state index in [9.17, 15) is 4.79 Å². The predicted molar refractivity (Wildman–Crippen MR) is 70.5 cm³/mol. The molecule has 0 aromatic rings. The minimum absolute atomic E-state index is 0.113. The quantitative estimate of drug-likeness (QED) is 0.746. The van der Waals surface area contributed by atoms with Crippen LogP contribution in [-0.2, 0) is 4.79 Å². The lowest BCUT2D eigenvalue weighted by Crippen LogP contribution is -2.34. The first-order valence-corrected chi connectivity index (χ1v) is 7.45. The molecule has 1 aliphatic heterocycles. The fourth-order valence-electron chi connectivity index (χ4n) is 1.92. The van der Waals surface area contributed by atoms with Gasteiger partial charge in [-0.2, -0.15) is 11.8 Å². The van der Waals surface area contributed by atoms with E-state index in [0.29, 0.717) is 12.5 Å². The first kappa shape index (κ1) is 13.8. The van der Waals surface area contributed by atoms with Crippen molar-refractivity contribution in [1.29, 1.82) is 0 Å². The Kier molecular flexibility index (Phi) is 6.88. The van der Waals surface area contributed by atoms with E-state index in [2.05, 4.69) is 5.32 Å². The summed E-state index contributed by atoms with van der Waals surface area (Å²) in [5.74, 6) is 3.52. The van der Waals surface area contributed by atoms with Gasteiger partial charge in [-0.05, 0) is 49.7 Å². The van der Waals surface area contributed by atoms with Crippen molar-refractivity contribution in [2.45, 2.75) is 32.6 Å². The molecule has 0 spiro atoms. The Morgan fingerprint density at radius 3 is 2.81 bits per heavy atom. The second kappa shape index (κ2) is 7.96. The first-order valence-electron chi connectivity index (χ1n) is 6.29. The fraction of sp³-hybridized carbons (Fsp3) is 0.917. The summed E-state index contributed by atoms with van der Waals surface area (Å²) in [5.41, 5.74) is 5.43. The summed E-state index contributed by atoms with van der Waals surface area (Å²) < 4.78 is 0. The molecule has 3 nitrogen and oxygen atoms in total. The van der Waals surface area contributed by atoms with Gasteiger partial charge in [-0.25, -0.2) is 0 Å². The molecule has 0 aromatic heterocycles. The summed E-state index contributed by atoms with van der Waals surface area (Å²) in [6, 6.07) is 0. The van der Waals surface area contributed by atoms with Gasteiger partial charge in [0.2, 0.25) is 5.91 Å². The smallest absolute Gasteiger partial charge is 0.222 e. The summed E-state index contributed by atoms with van der Waals surface area (Å²) >= 11 is 2.02. The SMILES string of the molecule is CC(CCCN)C(=O)NCC1CCSCC1. The molecule has 1 atom stereocenters. The standard InChI is InChI=1S/C12H24N2OS/c1-10(3-2-6-13)12(15)14-9-11-4-7-16-8-5-11/h10-11H,2-9,13H2,1H3,(H,14,15). The molecular weight excluding hydrogens is 220 g/mol. The third kappa shape index (κ3) is 5.21. The maximum Gasteiger partial charge on any atom is 0.222 e. The van der Waals surface area contributed by atoms with Crippen LogP contribution in [0.5, 0.6) is 0 Å². The minimum atomic E-state index is 0.113. The highest BCUT2D eigenvalue weighted by molar-refractivity contribution is 7.99. The summed E-state index contributed by atoms with van der Waals surface area (Å²) in [4.78, 5) is 11.7. The van der Waals surface area contributed by atoms with Gasteiger partial charge >= 0.3 is 0 Å². The molecule has 4 heteroatoms. The lowest BCUT2D eigenvalue weighted by Gasteiger charge is -2.22. The van der Waals surface area contributed by atoms with Crippen molar-refractivity contribution in [2.24, 2.45) is 17.6 Å². The van der Waals surface area contributed by atoms with Crippen LogP contribution in [0, 0.1) is 11.8 Å². The molecule has 0 aromatic carbocycles. The highest BCUT2D eigenvalue weighted by atomic mass is 32.2. The molecule has 1 amide bonds. The number of nitrogens with two attached hydrogens (primary N) is 1. The molecule has 1 aliphatic rings. The summed E-state index contributed by atoms with van der Waals surface area (Å²) in [6.07, 6.45) is 4.35. The van der Waals surface area contributed by atoms with Gasteiger partial charge in [0.25, 0.3) is 0 Å². The van der Waals surface area contributed by atoms with Crippen LogP contribution in [0.2, 0.25) is 0 Å². The van der Waals surface area contributed by atoms with Crippen molar-refractivity contribution in [3.8, 4) is 0 Å². The van der Waals surface area contributed by atoms with Crippen molar-refractivity contribution in [2.75, 3.05) is 24.6 Å². The zero-order valence-electron chi connectivity index (χ0n) is 10.2. The number of hydrogen-bond acceptors (Lipinski definition) is 3. The third-order valence-corrected chi connectivity index (χ3v) is 4.24. The van der Waals surface area contributed by atoms with Crippen LogP contribution < -0.4 is 11.1 Å². The van der Waals surface area contributed by atoms with E-state index < -0.39 is 0 Å². The van der Waals surface area contributed by atoms with Gasteiger partial charge in [-0.3, -0.25) is 4.79 Å². The number of amides is 1. The fourth-order valence-corrected chi connectivity index (χ4v) is 3.13. The van der Waals surface area contributed by atoms with Crippen molar-refractivity contribution >= 4 is 17.7 Å². The van der Waals surface area contributed by atoms with E-state index >= 15 is 0 Å². The number of nitrogens with one attached hydrogen (secondary N) is 1. The van der Waals surface area contributed by atoms with Crippen molar-refractivity contribution in [1.82, 2.24) is 5.32 Å². The van der Waals surface area contributed by atoms with Gasteiger partial charge in [0.1, 0.15) is 0 Å². The highest BCUT2D eigenvalue weighted by Gasteiger charge is 2.16.